The highest BCUT2D eigenvalue weighted by atomic mass is 16.5. The van der Waals surface area contributed by atoms with Crippen LogP contribution in [0, 0.1) is 0 Å². The third kappa shape index (κ3) is 3.22. The summed E-state index contributed by atoms with van der Waals surface area (Å²) >= 11 is 0. The molecule has 70 valence electrons. The van der Waals surface area contributed by atoms with Crippen molar-refractivity contribution < 1.29 is 14.6 Å². The first-order valence-corrected chi connectivity index (χ1v) is 4.63. The van der Waals surface area contributed by atoms with Crippen molar-refractivity contribution in [1.82, 2.24) is 0 Å². The second-order valence-corrected chi connectivity index (χ2v) is 3.22. The van der Waals surface area contributed by atoms with Crippen molar-refractivity contribution in [3.63, 3.8) is 0 Å². The average Bonchev–Trinajstić information content (AvgIpc) is 2.45. The minimum Gasteiger partial charge on any atom is -0.462 e. The Morgan fingerprint density at radius 3 is 2.83 bits per heavy atom. The van der Waals surface area contributed by atoms with Gasteiger partial charge in [0.25, 0.3) is 0 Å². The fourth-order valence-electron chi connectivity index (χ4n) is 1.45. The molecule has 1 saturated heterocycles. The number of cyclic esters (lactones) is 1. The van der Waals surface area contributed by atoms with Crippen LogP contribution in [0.15, 0.2) is 0 Å². The van der Waals surface area contributed by atoms with Crippen LogP contribution in [-0.2, 0) is 9.53 Å². The molecule has 1 heterocycles. The molecule has 1 atom stereocenters. The van der Waals surface area contributed by atoms with E-state index in [1.807, 2.05) is 0 Å². The molecule has 1 aliphatic heterocycles. The van der Waals surface area contributed by atoms with Gasteiger partial charge in [0, 0.05) is 13.0 Å². The molecule has 0 spiro atoms. The van der Waals surface area contributed by atoms with Crippen LogP contribution in [0.2, 0.25) is 0 Å². The van der Waals surface area contributed by atoms with Crippen LogP contribution in [-0.4, -0.2) is 23.8 Å². The lowest BCUT2D eigenvalue weighted by molar-refractivity contribution is -0.141. The van der Waals surface area contributed by atoms with Gasteiger partial charge in [-0.25, -0.2) is 0 Å². The molecule has 0 radical (unpaired) electrons. The van der Waals surface area contributed by atoms with Gasteiger partial charge in [-0.05, 0) is 25.7 Å². The van der Waals surface area contributed by atoms with Crippen LogP contribution in [0.4, 0.5) is 0 Å². The zero-order valence-electron chi connectivity index (χ0n) is 7.29. The van der Waals surface area contributed by atoms with Gasteiger partial charge in [0.15, 0.2) is 0 Å². The molecule has 3 heteroatoms. The number of carbonyl (C=O) groups is 1. The molecule has 0 aromatic rings. The summed E-state index contributed by atoms with van der Waals surface area (Å²) in [6.45, 7) is 0.268. The summed E-state index contributed by atoms with van der Waals surface area (Å²) < 4.78 is 5.04. The van der Waals surface area contributed by atoms with Gasteiger partial charge >= 0.3 is 5.97 Å². The summed E-state index contributed by atoms with van der Waals surface area (Å²) in [6, 6.07) is 0. The van der Waals surface area contributed by atoms with Crippen molar-refractivity contribution in [1.29, 1.82) is 0 Å². The quantitative estimate of drug-likeness (QED) is 0.501. The number of ether oxygens (including phenoxy) is 1. The third-order valence-electron chi connectivity index (χ3n) is 2.15. The first-order valence-electron chi connectivity index (χ1n) is 4.63. The van der Waals surface area contributed by atoms with E-state index in [4.69, 9.17) is 9.84 Å². The first-order chi connectivity index (χ1) is 5.83. The molecule has 0 aliphatic carbocycles. The number of esters is 1. The molecule has 1 aliphatic rings. The first kappa shape index (κ1) is 9.52. The Balaban J connectivity index is 1.97. The number of hydrogen-bond acceptors (Lipinski definition) is 3. The Morgan fingerprint density at radius 1 is 1.42 bits per heavy atom. The maximum Gasteiger partial charge on any atom is 0.306 e. The molecule has 0 aromatic heterocycles. The molecule has 0 unspecified atom stereocenters. The van der Waals surface area contributed by atoms with E-state index in [-0.39, 0.29) is 18.7 Å². The lowest BCUT2D eigenvalue weighted by Crippen LogP contribution is -2.06. The fraction of sp³-hybridized carbons (Fsp3) is 0.889. The number of hydrogen-bond donors (Lipinski definition) is 1. The van der Waals surface area contributed by atoms with Gasteiger partial charge in [0.05, 0.1) is 0 Å². The Labute approximate surface area is 72.7 Å². The summed E-state index contributed by atoms with van der Waals surface area (Å²) in [5.41, 5.74) is 0. The van der Waals surface area contributed by atoms with E-state index >= 15 is 0 Å². The van der Waals surface area contributed by atoms with Crippen LogP contribution in [0.3, 0.4) is 0 Å². The number of rotatable bonds is 5. The van der Waals surface area contributed by atoms with Gasteiger partial charge in [-0.2, -0.15) is 0 Å². The molecular formula is C9H16O3. The molecule has 0 saturated carbocycles. The number of aliphatic hydroxyl groups excluding tert-OH is 1. The molecule has 1 fully saturated rings. The Kier molecular flexibility index (Phi) is 4.08. The Morgan fingerprint density at radius 2 is 2.25 bits per heavy atom. The summed E-state index contributed by atoms with van der Waals surface area (Å²) in [5, 5.41) is 8.51. The van der Waals surface area contributed by atoms with Gasteiger partial charge < -0.3 is 9.84 Å². The van der Waals surface area contributed by atoms with Crippen LogP contribution in [0.25, 0.3) is 0 Å². The lowest BCUT2D eigenvalue weighted by Gasteiger charge is -2.07. The second kappa shape index (κ2) is 5.14. The third-order valence-corrected chi connectivity index (χ3v) is 2.15. The van der Waals surface area contributed by atoms with Crippen molar-refractivity contribution in [3.8, 4) is 0 Å². The summed E-state index contributed by atoms with van der Waals surface area (Å²) in [6.07, 6.45) is 5.55. The average molecular weight is 172 g/mol. The van der Waals surface area contributed by atoms with Crippen molar-refractivity contribution in [3.05, 3.63) is 0 Å². The van der Waals surface area contributed by atoms with E-state index in [0.29, 0.717) is 6.42 Å². The molecule has 1 rings (SSSR count). The SMILES string of the molecule is O=C1CC[C@@H](CCCCCO)O1. The fourth-order valence-corrected chi connectivity index (χ4v) is 1.45. The van der Waals surface area contributed by atoms with E-state index in [2.05, 4.69) is 0 Å². The van der Waals surface area contributed by atoms with Crippen LogP contribution in [0.5, 0.6) is 0 Å². The second-order valence-electron chi connectivity index (χ2n) is 3.22. The maximum atomic E-state index is 10.7. The number of carbonyl (C=O) groups excluding carboxylic acids is 1. The molecule has 0 bridgehead atoms. The zero-order valence-corrected chi connectivity index (χ0v) is 7.29. The molecule has 12 heavy (non-hydrogen) atoms. The normalized spacial score (nSPS) is 22.8. The standard InChI is InChI=1S/C9H16O3/c10-7-3-1-2-4-8-5-6-9(11)12-8/h8,10H,1-7H2/t8-/m1/s1. The maximum absolute atomic E-state index is 10.7. The number of aliphatic hydroxyl groups is 1. The van der Waals surface area contributed by atoms with Crippen molar-refractivity contribution >= 4 is 5.97 Å². The monoisotopic (exact) mass is 172 g/mol. The highest BCUT2D eigenvalue weighted by Gasteiger charge is 2.22. The molecular weight excluding hydrogens is 156 g/mol. The largest absolute Gasteiger partial charge is 0.462 e. The Hall–Kier alpha value is -0.570. The van der Waals surface area contributed by atoms with Crippen molar-refractivity contribution in [2.75, 3.05) is 6.61 Å². The topological polar surface area (TPSA) is 46.5 Å². The highest BCUT2D eigenvalue weighted by Crippen LogP contribution is 2.19. The lowest BCUT2D eigenvalue weighted by atomic mass is 10.1. The van der Waals surface area contributed by atoms with Crippen LogP contribution >= 0.6 is 0 Å². The van der Waals surface area contributed by atoms with E-state index in [0.717, 1.165) is 32.1 Å². The van der Waals surface area contributed by atoms with E-state index in [9.17, 15) is 4.79 Å². The zero-order chi connectivity index (χ0) is 8.81. The summed E-state index contributed by atoms with van der Waals surface area (Å²) in [4.78, 5) is 10.7. The van der Waals surface area contributed by atoms with E-state index in [1.165, 1.54) is 0 Å². The molecule has 3 nitrogen and oxygen atoms in total. The highest BCUT2D eigenvalue weighted by molar-refractivity contribution is 5.71. The van der Waals surface area contributed by atoms with E-state index < -0.39 is 0 Å². The smallest absolute Gasteiger partial charge is 0.306 e. The minimum absolute atomic E-state index is 0.0536. The molecule has 1 N–H and O–H groups in total. The van der Waals surface area contributed by atoms with Crippen LogP contribution in [0.1, 0.15) is 38.5 Å². The van der Waals surface area contributed by atoms with Gasteiger partial charge in [-0.3, -0.25) is 4.79 Å². The van der Waals surface area contributed by atoms with E-state index in [1.54, 1.807) is 0 Å². The van der Waals surface area contributed by atoms with Gasteiger partial charge in [-0.1, -0.05) is 6.42 Å². The van der Waals surface area contributed by atoms with Crippen LogP contribution < -0.4 is 0 Å². The van der Waals surface area contributed by atoms with Crippen molar-refractivity contribution in [2.45, 2.75) is 44.6 Å². The summed E-state index contributed by atoms with van der Waals surface area (Å²) in [7, 11) is 0. The minimum atomic E-state index is -0.0536. The molecule has 0 amide bonds. The van der Waals surface area contributed by atoms with Crippen molar-refractivity contribution in [2.24, 2.45) is 0 Å². The number of unbranched alkanes of at least 4 members (excludes halogenated alkanes) is 2. The van der Waals surface area contributed by atoms with Gasteiger partial charge in [0.1, 0.15) is 6.10 Å². The van der Waals surface area contributed by atoms with Gasteiger partial charge in [0.2, 0.25) is 0 Å². The molecule has 0 aromatic carbocycles. The predicted octanol–water partition coefficient (Wildman–Crippen LogP) is 1.24. The van der Waals surface area contributed by atoms with Gasteiger partial charge in [-0.15, -0.1) is 0 Å². The predicted molar refractivity (Wildman–Crippen MR) is 44.7 cm³/mol. The Bertz CT molecular complexity index is 145. The summed E-state index contributed by atoms with van der Waals surface area (Å²) in [5.74, 6) is -0.0536.